The van der Waals surface area contributed by atoms with Crippen LogP contribution in [0.15, 0.2) is 30.3 Å². The molecule has 24 heavy (non-hydrogen) atoms. The highest BCUT2D eigenvalue weighted by Crippen LogP contribution is 2.33. The summed E-state index contributed by atoms with van der Waals surface area (Å²) in [5.74, 6) is -0.210. The van der Waals surface area contributed by atoms with Crippen LogP contribution in [0.25, 0.3) is 6.08 Å². The van der Waals surface area contributed by atoms with Gasteiger partial charge in [-0.15, -0.1) is 0 Å². The fraction of sp³-hybridized carbons (Fsp3) is 0.421. The second kappa shape index (κ2) is 7.28. The lowest BCUT2D eigenvalue weighted by molar-refractivity contribution is 0.0984. The molecule has 0 aliphatic carbocycles. The molecule has 1 saturated heterocycles. The van der Waals surface area contributed by atoms with Crippen molar-refractivity contribution in [1.82, 2.24) is 15.1 Å². The van der Waals surface area contributed by atoms with Gasteiger partial charge in [-0.3, -0.25) is 4.68 Å². The standard InChI is InChI=1S/C19H24FN3O/c1-13-18(14(2)23(3)22-13)19-17(10-12-24-19)21-11-4-5-15-6-8-16(20)9-7-15/h4-9,17,19,21H,10-12H2,1-3H3/b5-4+/t17-,19-/m0/s1. The molecule has 0 radical (unpaired) electrons. The van der Waals surface area contributed by atoms with Crippen LogP contribution < -0.4 is 5.32 Å². The molecule has 2 atom stereocenters. The van der Waals surface area contributed by atoms with Crippen LogP contribution in [0, 0.1) is 19.7 Å². The van der Waals surface area contributed by atoms with Crippen LogP contribution in [0.1, 0.15) is 35.0 Å². The Balaban J connectivity index is 1.61. The van der Waals surface area contributed by atoms with Crippen molar-refractivity contribution in [3.8, 4) is 0 Å². The average Bonchev–Trinajstić information content (AvgIpc) is 3.10. The highest BCUT2D eigenvalue weighted by atomic mass is 19.1. The maximum Gasteiger partial charge on any atom is 0.123 e. The number of halogens is 1. The van der Waals surface area contributed by atoms with Crippen molar-refractivity contribution in [2.24, 2.45) is 7.05 Å². The molecule has 1 N–H and O–H groups in total. The minimum absolute atomic E-state index is 0.0536. The smallest absolute Gasteiger partial charge is 0.123 e. The molecule has 128 valence electrons. The molecule has 0 bridgehead atoms. The molecule has 1 aromatic carbocycles. The minimum Gasteiger partial charge on any atom is -0.372 e. The summed E-state index contributed by atoms with van der Waals surface area (Å²) in [6.07, 6.45) is 5.10. The van der Waals surface area contributed by atoms with E-state index < -0.39 is 0 Å². The molecular weight excluding hydrogens is 305 g/mol. The Hall–Kier alpha value is -1.98. The Morgan fingerprint density at radius 3 is 2.75 bits per heavy atom. The van der Waals surface area contributed by atoms with Crippen molar-refractivity contribution in [3.05, 3.63) is 58.7 Å². The van der Waals surface area contributed by atoms with Gasteiger partial charge in [-0.25, -0.2) is 4.39 Å². The number of hydrogen-bond donors (Lipinski definition) is 1. The summed E-state index contributed by atoms with van der Waals surface area (Å²) < 4.78 is 20.8. The molecule has 2 heterocycles. The third kappa shape index (κ3) is 3.57. The van der Waals surface area contributed by atoms with Gasteiger partial charge in [-0.05, 0) is 38.0 Å². The van der Waals surface area contributed by atoms with E-state index in [4.69, 9.17) is 4.74 Å². The molecule has 3 rings (SSSR count). The van der Waals surface area contributed by atoms with E-state index in [1.807, 2.05) is 24.7 Å². The predicted molar refractivity (Wildman–Crippen MR) is 93.2 cm³/mol. The van der Waals surface area contributed by atoms with Crippen LogP contribution in [0.4, 0.5) is 4.39 Å². The van der Waals surface area contributed by atoms with Crippen LogP contribution in [0.3, 0.4) is 0 Å². The quantitative estimate of drug-likeness (QED) is 0.915. The van der Waals surface area contributed by atoms with Gasteiger partial charge in [0.05, 0.1) is 5.69 Å². The Morgan fingerprint density at radius 1 is 1.33 bits per heavy atom. The second-order valence-corrected chi connectivity index (χ2v) is 6.26. The normalized spacial score (nSPS) is 21.0. The highest BCUT2D eigenvalue weighted by molar-refractivity contribution is 5.49. The summed E-state index contributed by atoms with van der Waals surface area (Å²) in [5.41, 5.74) is 4.40. The highest BCUT2D eigenvalue weighted by Gasteiger charge is 2.32. The molecule has 1 aliphatic heterocycles. The second-order valence-electron chi connectivity index (χ2n) is 6.26. The van der Waals surface area contributed by atoms with E-state index >= 15 is 0 Å². The number of aryl methyl sites for hydroxylation is 2. The van der Waals surface area contributed by atoms with E-state index in [2.05, 4.69) is 23.4 Å². The summed E-state index contributed by atoms with van der Waals surface area (Å²) in [6, 6.07) is 6.78. The summed E-state index contributed by atoms with van der Waals surface area (Å²) in [4.78, 5) is 0. The molecule has 1 aliphatic rings. The van der Waals surface area contributed by atoms with E-state index in [9.17, 15) is 4.39 Å². The zero-order valence-corrected chi connectivity index (χ0v) is 14.4. The number of aromatic nitrogens is 2. The molecule has 0 saturated carbocycles. The van der Waals surface area contributed by atoms with Crippen LogP contribution in [-0.2, 0) is 11.8 Å². The molecule has 2 aromatic rings. The average molecular weight is 329 g/mol. The summed E-state index contributed by atoms with van der Waals surface area (Å²) >= 11 is 0. The summed E-state index contributed by atoms with van der Waals surface area (Å²) in [5, 5.41) is 8.05. The fourth-order valence-electron chi connectivity index (χ4n) is 3.27. The van der Waals surface area contributed by atoms with Crippen LogP contribution in [0.5, 0.6) is 0 Å². The number of nitrogens with zero attached hydrogens (tertiary/aromatic N) is 2. The lowest BCUT2D eigenvalue weighted by Gasteiger charge is -2.20. The Morgan fingerprint density at radius 2 is 2.08 bits per heavy atom. The third-order valence-corrected chi connectivity index (χ3v) is 4.62. The molecule has 0 amide bonds. The Bertz CT molecular complexity index is 721. The van der Waals surface area contributed by atoms with Gasteiger partial charge in [0.25, 0.3) is 0 Å². The first kappa shape index (κ1) is 16.9. The van der Waals surface area contributed by atoms with Crippen molar-refractivity contribution in [2.75, 3.05) is 13.2 Å². The Kier molecular flexibility index (Phi) is 5.11. The maximum absolute atomic E-state index is 12.9. The fourth-order valence-corrected chi connectivity index (χ4v) is 3.27. The third-order valence-electron chi connectivity index (χ3n) is 4.62. The topological polar surface area (TPSA) is 39.1 Å². The number of rotatable bonds is 5. The van der Waals surface area contributed by atoms with Gasteiger partial charge in [0.1, 0.15) is 11.9 Å². The SMILES string of the molecule is Cc1nn(C)c(C)c1[C@H]1OCC[C@@H]1NC/C=C/c1ccc(F)cc1. The number of ether oxygens (including phenoxy) is 1. The maximum atomic E-state index is 12.9. The molecule has 1 fully saturated rings. The predicted octanol–water partition coefficient (Wildman–Crippen LogP) is 3.31. The van der Waals surface area contributed by atoms with E-state index in [0.717, 1.165) is 36.5 Å². The van der Waals surface area contributed by atoms with E-state index in [1.54, 1.807) is 12.1 Å². The molecular formula is C19H24FN3O. The van der Waals surface area contributed by atoms with Crippen molar-refractivity contribution in [3.63, 3.8) is 0 Å². The van der Waals surface area contributed by atoms with Gasteiger partial charge in [0.15, 0.2) is 0 Å². The number of nitrogens with one attached hydrogen (secondary N) is 1. The van der Waals surface area contributed by atoms with Crippen molar-refractivity contribution < 1.29 is 9.13 Å². The van der Waals surface area contributed by atoms with Gasteiger partial charge >= 0.3 is 0 Å². The zero-order chi connectivity index (χ0) is 17.1. The minimum atomic E-state index is -0.210. The lowest BCUT2D eigenvalue weighted by Crippen LogP contribution is -2.32. The van der Waals surface area contributed by atoms with Crippen LogP contribution >= 0.6 is 0 Å². The van der Waals surface area contributed by atoms with Crippen molar-refractivity contribution in [1.29, 1.82) is 0 Å². The van der Waals surface area contributed by atoms with E-state index in [1.165, 1.54) is 17.7 Å². The summed E-state index contributed by atoms with van der Waals surface area (Å²) in [6.45, 7) is 5.63. The first-order chi connectivity index (χ1) is 11.6. The lowest BCUT2D eigenvalue weighted by atomic mass is 10.0. The first-order valence-corrected chi connectivity index (χ1v) is 8.33. The van der Waals surface area contributed by atoms with E-state index in [0.29, 0.717) is 0 Å². The monoisotopic (exact) mass is 329 g/mol. The zero-order valence-electron chi connectivity index (χ0n) is 14.4. The van der Waals surface area contributed by atoms with Crippen molar-refractivity contribution >= 4 is 6.08 Å². The molecule has 4 nitrogen and oxygen atoms in total. The van der Waals surface area contributed by atoms with Gasteiger partial charge in [-0.1, -0.05) is 24.3 Å². The van der Waals surface area contributed by atoms with Crippen LogP contribution in [0.2, 0.25) is 0 Å². The van der Waals surface area contributed by atoms with Crippen molar-refractivity contribution in [2.45, 2.75) is 32.4 Å². The Labute approximate surface area is 142 Å². The van der Waals surface area contributed by atoms with Gasteiger partial charge in [0.2, 0.25) is 0 Å². The number of benzene rings is 1. The van der Waals surface area contributed by atoms with Gasteiger partial charge in [-0.2, -0.15) is 5.10 Å². The van der Waals surface area contributed by atoms with Gasteiger partial charge < -0.3 is 10.1 Å². The summed E-state index contributed by atoms with van der Waals surface area (Å²) in [7, 11) is 1.97. The first-order valence-electron chi connectivity index (χ1n) is 8.33. The molecule has 1 aromatic heterocycles. The largest absolute Gasteiger partial charge is 0.372 e. The number of hydrogen-bond acceptors (Lipinski definition) is 3. The van der Waals surface area contributed by atoms with Gasteiger partial charge in [0, 0.05) is 37.5 Å². The van der Waals surface area contributed by atoms with E-state index in [-0.39, 0.29) is 18.0 Å². The molecule has 5 heteroatoms. The molecule has 0 spiro atoms. The molecule has 0 unspecified atom stereocenters. The van der Waals surface area contributed by atoms with Crippen LogP contribution in [-0.4, -0.2) is 29.0 Å².